The van der Waals surface area contributed by atoms with E-state index in [4.69, 9.17) is 4.74 Å². The van der Waals surface area contributed by atoms with E-state index in [0.717, 1.165) is 18.4 Å². The van der Waals surface area contributed by atoms with Crippen LogP contribution in [0, 0.1) is 5.92 Å². The predicted octanol–water partition coefficient (Wildman–Crippen LogP) is 3.45. The number of piperidine rings is 1. The van der Waals surface area contributed by atoms with E-state index < -0.39 is 5.60 Å². The summed E-state index contributed by atoms with van der Waals surface area (Å²) in [4.78, 5) is 26.2. The van der Waals surface area contributed by atoms with Crippen molar-refractivity contribution in [3.05, 3.63) is 35.9 Å². The lowest BCUT2D eigenvalue weighted by Crippen LogP contribution is -2.44. The molecular weight excluding hydrogens is 278 g/mol. The first-order chi connectivity index (χ1) is 10.3. The fourth-order valence-electron chi connectivity index (χ4n) is 2.67. The summed E-state index contributed by atoms with van der Waals surface area (Å²) in [6.45, 7) is 6.71. The molecular formula is C18H25NO3. The predicted molar refractivity (Wildman–Crippen MR) is 85.7 cm³/mol. The van der Waals surface area contributed by atoms with Gasteiger partial charge in [-0.25, -0.2) is 4.79 Å². The van der Waals surface area contributed by atoms with Gasteiger partial charge in [0.2, 0.25) is 0 Å². The summed E-state index contributed by atoms with van der Waals surface area (Å²) in [7, 11) is 0. The molecule has 0 radical (unpaired) electrons. The highest BCUT2D eigenvalue weighted by Gasteiger charge is 2.30. The average molecular weight is 303 g/mol. The van der Waals surface area contributed by atoms with Gasteiger partial charge in [0.25, 0.3) is 0 Å². The fraction of sp³-hybridized carbons (Fsp3) is 0.556. The van der Waals surface area contributed by atoms with E-state index in [0.29, 0.717) is 19.5 Å². The molecule has 0 spiro atoms. The maximum Gasteiger partial charge on any atom is 0.410 e. The lowest BCUT2D eigenvalue weighted by molar-refractivity contribution is -0.123. The van der Waals surface area contributed by atoms with Crippen LogP contribution in [0.5, 0.6) is 0 Å². The van der Waals surface area contributed by atoms with Crippen molar-refractivity contribution in [3.63, 3.8) is 0 Å². The Morgan fingerprint density at radius 3 is 2.55 bits per heavy atom. The number of nitrogens with zero attached hydrogens (tertiary/aromatic N) is 1. The molecule has 1 aromatic carbocycles. The van der Waals surface area contributed by atoms with Crippen molar-refractivity contribution in [3.8, 4) is 0 Å². The highest BCUT2D eigenvalue weighted by molar-refractivity contribution is 5.84. The van der Waals surface area contributed by atoms with Crippen molar-refractivity contribution in [2.24, 2.45) is 5.92 Å². The van der Waals surface area contributed by atoms with Crippen molar-refractivity contribution in [1.29, 1.82) is 0 Å². The number of benzene rings is 1. The standard InChI is InChI=1S/C18H25NO3/c1-18(2,3)22-17(21)19-11-7-10-15(13-19)16(20)12-14-8-5-4-6-9-14/h4-6,8-9,15H,7,10-13H2,1-3H3/t15-/m0/s1. The molecule has 0 saturated carbocycles. The topological polar surface area (TPSA) is 46.6 Å². The molecule has 0 aromatic heterocycles. The summed E-state index contributed by atoms with van der Waals surface area (Å²) in [6.07, 6.45) is 1.83. The lowest BCUT2D eigenvalue weighted by atomic mass is 9.90. The van der Waals surface area contributed by atoms with E-state index in [1.807, 2.05) is 51.1 Å². The average Bonchev–Trinajstić information content (AvgIpc) is 2.46. The molecule has 1 amide bonds. The molecule has 1 saturated heterocycles. The molecule has 0 aliphatic carbocycles. The molecule has 4 nitrogen and oxygen atoms in total. The molecule has 120 valence electrons. The minimum Gasteiger partial charge on any atom is -0.444 e. The molecule has 4 heteroatoms. The second-order valence-electron chi connectivity index (χ2n) is 6.89. The van der Waals surface area contributed by atoms with Gasteiger partial charge in [-0.15, -0.1) is 0 Å². The lowest BCUT2D eigenvalue weighted by Gasteiger charge is -2.33. The summed E-state index contributed by atoms with van der Waals surface area (Å²) in [6, 6.07) is 9.75. The van der Waals surface area contributed by atoms with Crippen molar-refractivity contribution in [2.75, 3.05) is 13.1 Å². The third-order valence-electron chi connectivity index (χ3n) is 3.75. The van der Waals surface area contributed by atoms with E-state index in [-0.39, 0.29) is 17.8 Å². The SMILES string of the molecule is CC(C)(C)OC(=O)N1CCC[C@H](C(=O)Cc2ccccc2)C1. The Bertz CT molecular complexity index is 519. The Morgan fingerprint density at radius 2 is 1.91 bits per heavy atom. The van der Waals surface area contributed by atoms with Gasteiger partial charge in [0.1, 0.15) is 11.4 Å². The van der Waals surface area contributed by atoms with E-state index in [1.165, 1.54) is 0 Å². The number of Topliss-reactive ketones (excluding diaryl/α,β-unsaturated/α-hetero) is 1. The van der Waals surface area contributed by atoms with Crippen LogP contribution in [0.3, 0.4) is 0 Å². The highest BCUT2D eigenvalue weighted by atomic mass is 16.6. The Labute approximate surface area is 132 Å². The largest absolute Gasteiger partial charge is 0.444 e. The first kappa shape index (κ1) is 16.5. The van der Waals surface area contributed by atoms with Crippen LogP contribution in [0.15, 0.2) is 30.3 Å². The van der Waals surface area contributed by atoms with Crippen LogP contribution in [-0.2, 0) is 16.0 Å². The molecule has 0 N–H and O–H groups in total. The molecule has 22 heavy (non-hydrogen) atoms. The van der Waals surface area contributed by atoms with Crippen molar-refractivity contribution in [2.45, 2.75) is 45.6 Å². The minimum absolute atomic E-state index is 0.0820. The van der Waals surface area contributed by atoms with E-state index in [1.54, 1.807) is 4.90 Å². The van der Waals surface area contributed by atoms with Crippen LogP contribution in [0.2, 0.25) is 0 Å². The van der Waals surface area contributed by atoms with Gasteiger partial charge >= 0.3 is 6.09 Å². The Kier molecular flexibility index (Phi) is 5.22. The Balaban J connectivity index is 1.92. The second kappa shape index (κ2) is 6.95. The van der Waals surface area contributed by atoms with Crippen molar-refractivity contribution in [1.82, 2.24) is 4.90 Å². The van der Waals surface area contributed by atoms with Crippen molar-refractivity contribution >= 4 is 11.9 Å². The van der Waals surface area contributed by atoms with E-state index >= 15 is 0 Å². The van der Waals surface area contributed by atoms with Crippen LogP contribution in [0.1, 0.15) is 39.2 Å². The van der Waals surface area contributed by atoms with Crippen LogP contribution < -0.4 is 0 Å². The van der Waals surface area contributed by atoms with Crippen LogP contribution in [0.4, 0.5) is 4.79 Å². The molecule has 1 fully saturated rings. The first-order valence-electron chi connectivity index (χ1n) is 7.90. The maximum absolute atomic E-state index is 12.4. The molecule has 2 rings (SSSR count). The zero-order valence-corrected chi connectivity index (χ0v) is 13.7. The number of carbonyl (C=O) groups is 2. The van der Waals surface area contributed by atoms with Gasteiger partial charge < -0.3 is 9.64 Å². The smallest absolute Gasteiger partial charge is 0.410 e. The Morgan fingerprint density at radius 1 is 1.23 bits per heavy atom. The second-order valence-corrected chi connectivity index (χ2v) is 6.89. The van der Waals surface area contributed by atoms with Gasteiger partial charge in [0.15, 0.2) is 0 Å². The zero-order valence-electron chi connectivity index (χ0n) is 13.7. The number of carbonyl (C=O) groups excluding carboxylic acids is 2. The molecule has 0 unspecified atom stereocenters. The van der Waals surface area contributed by atoms with Gasteiger partial charge in [0, 0.05) is 25.4 Å². The van der Waals surface area contributed by atoms with Gasteiger partial charge in [-0.1, -0.05) is 30.3 Å². The number of hydrogen-bond acceptors (Lipinski definition) is 3. The summed E-state index contributed by atoms with van der Waals surface area (Å²) in [5.41, 5.74) is 0.528. The van der Waals surface area contributed by atoms with Gasteiger partial charge in [-0.3, -0.25) is 4.79 Å². The quantitative estimate of drug-likeness (QED) is 0.859. The summed E-state index contributed by atoms with van der Waals surface area (Å²) in [5.74, 6) is 0.126. The normalized spacial score (nSPS) is 18.9. The maximum atomic E-state index is 12.4. The molecule has 1 aromatic rings. The van der Waals surface area contributed by atoms with E-state index in [2.05, 4.69) is 0 Å². The van der Waals surface area contributed by atoms with Gasteiger partial charge in [-0.05, 0) is 39.2 Å². The first-order valence-corrected chi connectivity index (χ1v) is 7.90. The third kappa shape index (κ3) is 4.86. The van der Waals surface area contributed by atoms with Crippen LogP contribution >= 0.6 is 0 Å². The van der Waals surface area contributed by atoms with E-state index in [9.17, 15) is 9.59 Å². The van der Waals surface area contributed by atoms with Crippen LogP contribution in [0.25, 0.3) is 0 Å². The van der Waals surface area contributed by atoms with Gasteiger partial charge in [-0.2, -0.15) is 0 Å². The van der Waals surface area contributed by atoms with Crippen molar-refractivity contribution < 1.29 is 14.3 Å². The molecule has 0 bridgehead atoms. The summed E-state index contributed by atoms with van der Waals surface area (Å²) < 4.78 is 5.40. The van der Waals surface area contributed by atoms with Gasteiger partial charge in [0.05, 0.1) is 0 Å². The minimum atomic E-state index is -0.502. The zero-order chi connectivity index (χ0) is 16.2. The highest BCUT2D eigenvalue weighted by Crippen LogP contribution is 2.21. The number of likely N-dealkylation sites (tertiary alicyclic amines) is 1. The molecule has 1 aliphatic heterocycles. The number of rotatable bonds is 3. The van der Waals surface area contributed by atoms with Crippen LogP contribution in [-0.4, -0.2) is 35.5 Å². The number of hydrogen-bond donors (Lipinski definition) is 0. The summed E-state index contributed by atoms with van der Waals surface area (Å²) >= 11 is 0. The molecule has 1 atom stereocenters. The molecule has 1 aliphatic rings. The molecule has 1 heterocycles. The Hall–Kier alpha value is -1.84. The monoisotopic (exact) mass is 303 g/mol. The number of amides is 1. The summed E-state index contributed by atoms with van der Waals surface area (Å²) in [5, 5.41) is 0. The number of ether oxygens (including phenoxy) is 1. The third-order valence-corrected chi connectivity index (χ3v) is 3.75. The number of ketones is 1. The fourth-order valence-corrected chi connectivity index (χ4v) is 2.67.